The summed E-state index contributed by atoms with van der Waals surface area (Å²) in [5, 5.41) is 3.13. The van der Waals surface area contributed by atoms with Gasteiger partial charge in [-0.2, -0.15) is 0 Å². The first kappa shape index (κ1) is 22.3. The number of benzene rings is 1. The van der Waals surface area contributed by atoms with Crippen LogP contribution in [-0.2, 0) is 14.3 Å². The maximum absolute atomic E-state index is 12.4. The van der Waals surface area contributed by atoms with Gasteiger partial charge >= 0.3 is 5.97 Å². The SMILES string of the molecule is CN(C)C(=O)COC(=O)c1ccccc1SCC(=O)NC1CCCCCCC1. The summed E-state index contributed by atoms with van der Waals surface area (Å²) >= 11 is 1.31. The lowest BCUT2D eigenvalue weighted by molar-refractivity contribution is -0.132. The molecule has 28 heavy (non-hydrogen) atoms. The smallest absolute Gasteiger partial charge is 0.339 e. The van der Waals surface area contributed by atoms with Crippen LogP contribution in [-0.4, -0.2) is 55.2 Å². The van der Waals surface area contributed by atoms with Crippen molar-refractivity contribution in [3.63, 3.8) is 0 Å². The molecule has 1 aliphatic rings. The van der Waals surface area contributed by atoms with E-state index >= 15 is 0 Å². The van der Waals surface area contributed by atoms with Crippen LogP contribution < -0.4 is 5.32 Å². The number of hydrogen-bond acceptors (Lipinski definition) is 5. The Bertz CT molecular complexity index is 670. The van der Waals surface area contributed by atoms with E-state index in [1.165, 1.54) is 48.8 Å². The zero-order valence-electron chi connectivity index (χ0n) is 16.7. The molecular formula is C21H30N2O4S. The van der Waals surface area contributed by atoms with Crippen molar-refractivity contribution >= 4 is 29.5 Å². The van der Waals surface area contributed by atoms with E-state index in [9.17, 15) is 14.4 Å². The molecule has 0 aromatic heterocycles. The van der Waals surface area contributed by atoms with E-state index in [-0.39, 0.29) is 30.2 Å². The van der Waals surface area contributed by atoms with Crippen LogP contribution in [0.15, 0.2) is 29.2 Å². The van der Waals surface area contributed by atoms with Crippen LogP contribution in [0.2, 0.25) is 0 Å². The summed E-state index contributed by atoms with van der Waals surface area (Å²) in [6, 6.07) is 7.25. The molecular weight excluding hydrogens is 376 g/mol. The number of thioether (sulfide) groups is 1. The second-order valence-electron chi connectivity index (χ2n) is 7.26. The van der Waals surface area contributed by atoms with Crippen LogP contribution >= 0.6 is 11.8 Å². The van der Waals surface area contributed by atoms with Crippen molar-refractivity contribution in [1.29, 1.82) is 0 Å². The third-order valence-electron chi connectivity index (χ3n) is 4.76. The van der Waals surface area contributed by atoms with Crippen molar-refractivity contribution in [3.8, 4) is 0 Å². The Morgan fingerprint density at radius 3 is 2.39 bits per heavy atom. The maximum Gasteiger partial charge on any atom is 0.339 e. The van der Waals surface area contributed by atoms with E-state index in [1.807, 2.05) is 6.07 Å². The fourth-order valence-corrected chi connectivity index (χ4v) is 3.96. The van der Waals surface area contributed by atoms with Crippen molar-refractivity contribution in [2.24, 2.45) is 0 Å². The van der Waals surface area contributed by atoms with E-state index in [2.05, 4.69) is 5.32 Å². The van der Waals surface area contributed by atoms with Gasteiger partial charge in [-0.25, -0.2) is 4.79 Å². The molecule has 2 rings (SSSR count). The maximum atomic E-state index is 12.4. The van der Waals surface area contributed by atoms with E-state index < -0.39 is 5.97 Å². The highest BCUT2D eigenvalue weighted by Crippen LogP contribution is 2.24. The topological polar surface area (TPSA) is 75.7 Å². The Kier molecular flexibility index (Phi) is 9.34. The largest absolute Gasteiger partial charge is 0.452 e. The van der Waals surface area contributed by atoms with Crippen LogP contribution in [0.1, 0.15) is 55.3 Å². The van der Waals surface area contributed by atoms with Crippen molar-refractivity contribution in [2.75, 3.05) is 26.5 Å². The molecule has 0 bridgehead atoms. The van der Waals surface area contributed by atoms with E-state index in [0.717, 1.165) is 12.8 Å². The van der Waals surface area contributed by atoms with Gasteiger partial charge in [-0.15, -0.1) is 11.8 Å². The van der Waals surface area contributed by atoms with Gasteiger partial charge in [-0.3, -0.25) is 9.59 Å². The molecule has 1 aromatic carbocycles. The van der Waals surface area contributed by atoms with Gasteiger partial charge in [0.25, 0.3) is 5.91 Å². The van der Waals surface area contributed by atoms with E-state index in [1.54, 1.807) is 32.3 Å². The Morgan fingerprint density at radius 2 is 1.71 bits per heavy atom. The minimum Gasteiger partial charge on any atom is -0.452 e. The van der Waals surface area contributed by atoms with Gasteiger partial charge in [0.15, 0.2) is 6.61 Å². The molecule has 0 spiro atoms. The van der Waals surface area contributed by atoms with Crippen LogP contribution in [0.4, 0.5) is 0 Å². The quantitative estimate of drug-likeness (QED) is 0.556. The first-order chi connectivity index (χ1) is 13.5. The fourth-order valence-electron chi connectivity index (χ4n) is 3.11. The molecule has 1 fully saturated rings. The molecule has 0 unspecified atom stereocenters. The van der Waals surface area contributed by atoms with Gasteiger partial charge in [0.05, 0.1) is 11.3 Å². The minimum atomic E-state index is -0.557. The van der Waals surface area contributed by atoms with Gasteiger partial charge < -0.3 is 15.0 Å². The average Bonchev–Trinajstić information content (AvgIpc) is 2.66. The van der Waals surface area contributed by atoms with Crippen LogP contribution in [0, 0.1) is 0 Å². The molecule has 0 saturated heterocycles. The Balaban J connectivity index is 1.87. The molecule has 7 heteroatoms. The molecule has 2 amide bonds. The summed E-state index contributed by atoms with van der Waals surface area (Å²) in [6.07, 6.45) is 8.19. The molecule has 1 aliphatic carbocycles. The highest BCUT2D eigenvalue weighted by Gasteiger charge is 2.18. The Hall–Kier alpha value is -2.02. The number of carbonyl (C=O) groups is 3. The summed E-state index contributed by atoms with van der Waals surface area (Å²) in [5.74, 6) is -0.602. The van der Waals surface area contributed by atoms with Crippen molar-refractivity contribution < 1.29 is 19.1 Å². The summed E-state index contributed by atoms with van der Waals surface area (Å²) < 4.78 is 5.10. The van der Waals surface area contributed by atoms with Gasteiger partial charge in [0.1, 0.15) is 0 Å². The number of carbonyl (C=O) groups excluding carboxylic acids is 3. The van der Waals surface area contributed by atoms with Gasteiger partial charge in [-0.1, -0.05) is 44.2 Å². The molecule has 1 N–H and O–H groups in total. The molecule has 0 radical (unpaired) electrons. The zero-order valence-corrected chi connectivity index (χ0v) is 17.6. The number of esters is 1. The zero-order chi connectivity index (χ0) is 20.4. The second-order valence-corrected chi connectivity index (χ2v) is 8.28. The molecule has 1 aromatic rings. The van der Waals surface area contributed by atoms with Gasteiger partial charge in [0, 0.05) is 25.0 Å². The van der Waals surface area contributed by atoms with E-state index in [4.69, 9.17) is 4.74 Å². The highest BCUT2D eigenvalue weighted by atomic mass is 32.2. The van der Waals surface area contributed by atoms with Crippen molar-refractivity contribution in [3.05, 3.63) is 29.8 Å². The first-order valence-electron chi connectivity index (χ1n) is 9.86. The van der Waals surface area contributed by atoms with Gasteiger partial charge in [0.2, 0.25) is 5.91 Å². The predicted molar refractivity (Wildman–Crippen MR) is 110 cm³/mol. The number of amides is 2. The third kappa shape index (κ3) is 7.54. The lowest BCUT2D eigenvalue weighted by atomic mass is 9.97. The van der Waals surface area contributed by atoms with Crippen LogP contribution in [0.3, 0.4) is 0 Å². The standard InChI is InChI=1S/C21H30N2O4S/c1-23(2)20(25)14-27-21(26)17-12-8-9-13-18(17)28-15-19(24)22-16-10-6-4-3-5-7-11-16/h8-9,12-13,16H,3-7,10-11,14-15H2,1-2H3,(H,22,24). The lowest BCUT2D eigenvalue weighted by Crippen LogP contribution is -2.36. The molecule has 154 valence electrons. The normalized spacial score (nSPS) is 15.2. The predicted octanol–water partition coefficient (Wildman–Crippen LogP) is 3.25. The van der Waals surface area contributed by atoms with Crippen LogP contribution in [0.5, 0.6) is 0 Å². The number of nitrogens with one attached hydrogen (secondary N) is 1. The van der Waals surface area contributed by atoms with Crippen molar-refractivity contribution in [2.45, 2.75) is 55.9 Å². The summed E-state index contributed by atoms with van der Waals surface area (Å²) in [5.41, 5.74) is 0.373. The second kappa shape index (κ2) is 11.7. The number of ether oxygens (including phenoxy) is 1. The lowest BCUT2D eigenvalue weighted by Gasteiger charge is -2.21. The number of hydrogen-bond donors (Lipinski definition) is 1. The summed E-state index contributed by atoms with van der Waals surface area (Å²) in [4.78, 5) is 38.3. The average molecular weight is 407 g/mol. The molecule has 1 saturated carbocycles. The Morgan fingerprint density at radius 1 is 1.07 bits per heavy atom. The molecule has 6 nitrogen and oxygen atoms in total. The monoisotopic (exact) mass is 406 g/mol. The molecule has 0 aliphatic heterocycles. The third-order valence-corrected chi connectivity index (χ3v) is 5.84. The van der Waals surface area contributed by atoms with Crippen LogP contribution in [0.25, 0.3) is 0 Å². The van der Waals surface area contributed by atoms with Crippen molar-refractivity contribution in [1.82, 2.24) is 10.2 Å². The first-order valence-corrected chi connectivity index (χ1v) is 10.8. The summed E-state index contributed by atoms with van der Waals surface area (Å²) in [6.45, 7) is -0.299. The summed E-state index contributed by atoms with van der Waals surface area (Å²) in [7, 11) is 3.21. The van der Waals surface area contributed by atoms with Gasteiger partial charge in [-0.05, 0) is 25.0 Å². The number of likely N-dealkylation sites (N-methyl/N-ethyl adjacent to an activating group) is 1. The van der Waals surface area contributed by atoms with E-state index in [0.29, 0.717) is 10.5 Å². The molecule has 0 atom stereocenters. The highest BCUT2D eigenvalue weighted by molar-refractivity contribution is 8.00. The molecule has 0 heterocycles. The Labute approximate surface area is 171 Å². The minimum absolute atomic E-state index is 0.0125. The fraction of sp³-hybridized carbons (Fsp3) is 0.571. The number of rotatable bonds is 7. The number of nitrogens with zero attached hydrogens (tertiary/aromatic N) is 1.